The molecule has 1 aliphatic carbocycles. The van der Waals surface area contributed by atoms with Crippen molar-refractivity contribution in [1.29, 1.82) is 5.41 Å². The molecule has 2 aliphatic heterocycles. The van der Waals surface area contributed by atoms with Crippen molar-refractivity contribution in [2.75, 3.05) is 13.2 Å². The van der Waals surface area contributed by atoms with Crippen LogP contribution in [0.15, 0.2) is 25.4 Å². The average Bonchev–Trinajstić information content (AvgIpc) is 3.61. The predicted molar refractivity (Wildman–Crippen MR) is 170 cm³/mol. The Bertz CT molecular complexity index is 1720. The summed E-state index contributed by atoms with van der Waals surface area (Å²) in [6, 6.07) is 0.562. The number of rotatable bonds is 4. The number of nitrogens with zero attached hydrogens (tertiary/aromatic N) is 2. The smallest absolute Gasteiger partial charge is 0.543 e. The van der Waals surface area contributed by atoms with Crippen molar-refractivity contribution in [2.24, 2.45) is 11.5 Å². The number of alkyl halides is 3. The van der Waals surface area contributed by atoms with Crippen molar-refractivity contribution in [3.05, 3.63) is 64.2 Å². The number of nitrogens with two attached hydrogens (primary N) is 2. The summed E-state index contributed by atoms with van der Waals surface area (Å²) in [6.45, 7) is 0.517. The first kappa shape index (κ1) is 48.6. The van der Waals surface area contributed by atoms with Crippen molar-refractivity contribution in [3.8, 4) is 0 Å². The van der Waals surface area contributed by atoms with Gasteiger partial charge in [0.15, 0.2) is 0 Å². The van der Waals surface area contributed by atoms with E-state index in [1.807, 2.05) is 4.98 Å². The number of ether oxygens (including phenoxy) is 1. The number of aliphatic hydroxyl groups is 2. The molecule has 3 fully saturated rings. The van der Waals surface area contributed by atoms with Crippen LogP contribution in [0, 0.1) is 5.41 Å². The monoisotopic (exact) mass is 971 g/mol. The van der Waals surface area contributed by atoms with Crippen LogP contribution in [0.5, 0.6) is 0 Å². The first-order valence-corrected chi connectivity index (χ1v) is 15.3. The average molecular weight is 973 g/mol. The maximum atomic E-state index is 12.6. The zero-order valence-electron chi connectivity index (χ0n) is 26.9. The van der Waals surface area contributed by atoms with Gasteiger partial charge >= 0.3 is 38.6 Å². The summed E-state index contributed by atoms with van der Waals surface area (Å²) in [5.74, 6) is -3.86. The van der Waals surface area contributed by atoms with Crippen LogP contribution in [0.4, 0.5) is 13.2 Å². The van der Waals surface area contributed by atoms with Crippen LogP contribution in [-0.2, 0) is 48.1 Å². The van der Waals surface area contributed by atoms with E-state index in [1.165, 1.54) is 12.8 Å². The number of carboxylic acids is 2. The van der Waals surface area contributed by atoms with Crippen LogP contribution >= 0.6 is 24.0 Å². The van der Waals surface area contributed by atoms with Gasteiger partial charge in [0.05, 0.1) is 42.7 Å². The number of carboxylic acid groups (broad SMARTS) is 2. The van der Waals surface area contributed by atoms with Crippen LogP contribution in [-0.4, -0.2) is 89.8 Å². The fourth-order valence-electron chi connectivity index (χ4n) is 4.86. The Morgan fingerprint density at radius 2 is 1.58 bits per heavy atom. The minimum absolute atomic E-state index is 0. The molecular formula is C27H37Cl2F3N8O11Pt. The first-order valence-electron chi connectivity index (χ1n) is 14.9. The maximum Gasteiger partial charge on any atom is 2.00 e. The fraction of sp³-hybridized carbons (Fsp3) is 0.593. The molecular weight excluding hydrogens is 935 g/mol. The molecule has 0 amide bonds. The largest absolute Gasteiger partial charge is 2.00 e. The van der Waals surface area contributed by atoms with Crippen molar-refractivity contribution in [1.82, 2.24) is 24.4 Å². The van der Waals surface area contributed by atoms with E-state index in [-0.39, 0.29) is 57.0 Å². The second-order valence-corrected chi connectivity index (χ2v) is 11.6. The fourth-order valence-corrected chi connectivity index (χ4v) is 5.02. The van der Waals surface area contributed by atoms with Gasteiger partial charge in [0.25, 0.3) is 11.1 Å². The first-order chi connectivity index (χ1) is 23.3. The molecule has 0 aromatic carbocycles. The third kappa shape index (κ3) is 14.6. The molecule has 0 unspecified atom stereocenters. The number of hydrogen-bond donors (Lipinski definition) is 8. The van der Waals surface area contributed by atoms with Crippen LogP contribution in [0.3, 0.4) is 0 Å². The molecule has 2 aromatic rings. The number of likely N-dealkylation sites (tertiary alicyclic amines) is 1. The van der Waals surface area contributed by atoms with E-state index in [2.05, 4.69) is 4.98 Å². The van der Waals surface area contributed by atoms with Gasteiger partial charge in [-0.15, -0.1) is 12.4 Å². The second-order valence-electron chi connectivity index (χ2n) is 11.2. The number of halogens is 5. The number of aliphatic carboxylic acids is 2. The Balaban J connectivity index is 0.000000724. The van der Waals surface area contributed by atoms with Gasteiger partial charge in [0.2, 0.25) is 0 Å². The minimum Gasteiger partial charge on any atom is -0.543 e. The normalized spacial score (nSPS) is 22.2. The number of H-pyrrole nitrogens is 3. The molecule has 2 aromatic heterocycles. The molecule has 5 atom stereocenters. The van der Waals surface area contributed by atoms with Gasteiger partial charge in [0, 0.05) is 37.7 Å². The summed E-state index contributed by atoms with van der Waals surface area (Å²) in [5.41, 5.74) is 6.33. The van der Waals surface area contributed by atoms with Crippen molar-refractivity contribution in [3.63, 3.8) is 0 Å². The Morgan fingerprint density at radius 3 is 2.00 bits per heavy atom. The maximum absolute atomic E-state index is 12.6. The number of carbonyl (C=O) groups excluding carboxylic acids is 2. The van der Waals surface area contributed by atoms with Crippen molar-refractivity contribution in [2.45, 2.75) is 88.2 Å². The van der Waals surface area contributed by atoms with Crippen molar-refractivity contribution < 1.29 is 69.0 Å². The molecule has 0 bridgehead atoms. The molecule has 0 radical (unpaired) electrons. The molecule has 5 rings (SSSR count). The van der Waals surface area contributed by atoms with Crippen LogP contribution in [0.1, 0.15) is 62.4 Å². The van der Waals surface area contributed by atoms with E-state index in [0.29, 0.717) is 28.8 Å². The summed E-state index contributed by atoms with van der Waals surface area (Å²) >= 11 is 5.78. The molecule has 1 saturated carbocycles. The quantitative estimate of drug-likeness (QED) is 0.139. The van der Waals surface area contributed by atoms with E-state index in [1.54, 1.807) is 9.88 Å². The van der Waals surface area contributed by atoms with E-state index in [9.17, 15) is 37.5 Å². The molecule has 10 N–H and O–H groups in total. The third-order valence-electron chi connectivity index (χ3n) is 7.54. The topological polar surface area (TPSA) is 330 Å². The molecule has 296 valence electrons. The number of nitrogens with one attached hydrogen (secondary N) is 4. The van der Waals surface area contributed by atoms with Crippen LogP contribution < -0.4 is 44.2 Å². The van der Waals surface area contributed by atoms with Crippen LogP contribution in [0.25, 0.3) is 0 Å². The zero-order chi connectivity index (χ0) is 37.9. The molecule has 3 aliphatic rings. The van der Waals surface area contributed by atoms with E-state index >= 15 is 0 Å². The molecule has 4 heterocycles. The molecule has 25 heteroatoms. The van der Waals surface area contributed by atoms with Gasteiger partial charge in [-0.3, -0.25) is 29.5 Å². The van der Waals surface area contributed by atoms with Gasteiger partial charge < -0.3 is 56.1 Å². The van der Waals surface area contributed by atoms with Gasteiger partial charge in [-0.2, -0.15) is 13.2 Å². The molecule has 52 heavy (non-hydrogen) atoms. The third-order valence-corrected chi connectivity index (χ3v) is 7.94. The Kier molecular flexibility index (Phi) is 20.6. The number of amidine groups is 1. The molecule has 2 saturated heterocycles. The Labute approximate surface area is 316 Å². The zero-order valence-corrected chi connectivity index (χ0v) is 30.7. The molecule has 19 nitrogen and oxygen atoms in total. The number of aliphatic hydroxyl groups excluding tert-OH is 2. The number of aromatic nitrogens is 4. The SMILES string of the molecule is Cl.N=C1CCCN1Cc1[nH]c(=O)[nH]c(=O)c1Cl.N[C@@H]1CCCC[C@H]1N.O=C([O-])C(=O)[O-].O=c1[nH]c(=O)n([C@H]2C[C@H](O)[C@@H](CO)O2)cc1C(F)(F)F.[Pt+2]. The Morgan fingerprint density at radius 1 is 1.02 bits per heavy atom. The van der Waals surface area contributed by atoms with E-state index in [0.717, 1.165) is 32.2 Å². The summed E-state index contributed by atoms with van der Waals surface area (Å²) < 4.78 is 43.4. The summed E-state index contributed by atoms with van der Waals surface area (Å²) in [4.78, 5) is 70.7. The van der Waals surface area contributed by atoms with Gasteiger partial charge in [0.1, 0.15) is 22.9 Å². The summed E-state index contributed by atoms with van der Waals surface area (Å²) in [5, 5.41) is 43.9. The summed E-state index contributed by atoms with van der Waals surface area (Å²) in [6.07, 6.45) is -1.59. The van der Waals surface area contributed by atoms with E-state index in [4.69, 9.17) is 58.1 Å². The van der Waals surface area contributed by atoms with Crippen molar-refractivity contribution >= 4 is 41.8 Å². The van der Waals surface area contributed by atoms with Gasteiger partial charge in [-0.1, -0.05) is 24.4 Å². The number of hydrogen-bond acceptors (Lipinski definition) is 14. The number of aromatic amines is 3. The minimum atomic E-state index is -4.92. The van der Waals surface area contributed by atoms with Crippen LogP contribution in [0.2, 0.25) is 5.02 Å². The predicted octanol–water partition coefficient (Wildman–Crippen LogP) is -3.39. The number of carbonyl (C=O) groups is 2. The van der Waals surface area contributed by atoms with Gasteiger partial charge in [-0.25, -0.2) is 9.59 Å². The van der Waals surface area contributed by atoms with Gasteiger partial charge in [-0.05, 0) is 19.3 Å². The second kappa shape index (κ2) is 22.0. The summed E-state index contributed by atoms with van der Waals surface area (Å²) in [7, 11) is 0. The van der Waals surface area contributed by atoms with E-state index < -0.39 is 71.2 Å². The Hall–Kier alpha value is -3.37. The standard InChI is InChI=1S/C10H11F3N2O5.C9H11ClN4O2.C6H14N2.C2H2O4.ClH.Pt/c11-10(12,13)4-2-15(9(19)14-8(4)18)7-1-5(17)6(3-16)20-7;10-7-5(12-9(16)13-8(7)15)4-14-3-1-2-6(14)11;7-5-3-1-2-4-6(5)8;3-1(4)2(5)6;;/h2,5-7,16-17H,1,3H2,(H,14,18,19);11H,1-4H2,(H2,12,13,15,16);5-6H,1-4,7-8H2;(H,3,4)(H,5,6);1H;/q;;;;;+2/p-2/t5-,6+,7+;;5-,6-;;;/m0.1.../s1. The molecule has 0 spiro atoms.